The molecule has 0 unspecified atom stereocenters. The van der Waals surface area contributed by atoms with Crippen molar-refractivity contribution in [3.05, 3.63) is 0 Å². The molecule has 0 spiro atoms. The van der Waals surface area contributed by atoms with E-state index in [1.54, 1.807) is 0 Å². The van der Waals surface area contributed by atoms with Gasteiger partial charge >= 0.3 is 47.8 Å². The molecule has 10 atom stereocenters. The zero-order valence-electron chi connectivity index (χ0n) is 28.4. The molecule has 0 aromatic heterocycles. The summed E-state index contributed by atoms with van der Waals surface area (Å²) in [6, 6.07) is 0. The summed E-state index contributed by atoms with van der Waals surface area (Å²) < 4.78 is 60.9. The molecule has 0 N–H and O–H groups in total. The highest BCUT2D eigenvalue weighted by molar-refractivity contribution is 5.71. The number of carbonyl (C=O) groups excluding carboxylic acids is 8. The fourth-order valence-electron chi connectivity index (χ4n) is 4.85. The molecule has 276 valence electrons. The van der Waals surface area contributed by atoms with E-state index >= 15 is 0 Å². The van der Waals surface area contributed by atoms with Crippen molar-refractivity contribution < 1.29 is 90.5 Å². The zero-order valence-corrected chi connectivity index (χ0v) is 28.4. The third-order valence-corrected chi connectivity index (χ3v) is 6.67. The molecule has 0 aliphatic carbocycles. The first-order valence-electron chi connectivity index (χ1n) is 15.3. The highest BCUT2D eigenvalue weighted by Crippen LogP contribution is 2.35. The van der Waals surface area contributed by atoms with E-state index in [0.717, 1.165) is 41.5 Å². The molecule has 0 radical (unpaired) electrons. The smallest absolute Gasteiger partial charge is 0.306 e. The molecule has 19 heteroatoms. The van der Waals surface area contributed by atoms with Crippen LogP contribution in [0.1, 0.15) is 68.2 Å². The Labute approximate surface area is 281 Å². The van der Waals surface area contributed by atoms with Crippen molar-refractivity contribution in [3.63, 3.8) is 0 Å². The molecule has 2 heterocycles. The monoisotopic (exact) mass is 706 g/mol. The summed E-state index contributed by atoms with van der Waals surface area (Å²) in [5, 5.41) is 0. The van der Waals surface area contributed by atoms with Gasteiger partial charge in [-0.2, -0.15) is 0 Å². The van der Waals surface area contributed by atoms with Crippen LogP contribution in [0.25, 0.3) is 0 Å². The van der Waals surface area contributed by atoms with Gasteiger partial charge in [0.15, 0.2) is 36.6 Å². The van der Waals surface area contributed by atoms with Crippen LogP contribution in [0, 0.1) is 0 Å². The van der Waals surface area contributed by atoms with Gasteiger partial charge in [0.2, 0.25) is 12.6 Å². The van der Waals surface area contributed by atoms with Crippen LogP contribution in [-0.2, 0) is 90.5 Å². The molecule has 49 heavy (non-hydrogen) atoms. The fraction of sp³-hybridized carbons (Fsp3) is 0.733. The standard InChI is InChI=1S/C30H42O19/c1-9-21(37)40-12-20-24(48-22(38)10-2)26(43-16(6)34)28(45-18(8)36)30(47-20)49-29-27(44-17(7)35)25(42-15(5)33)23(41-14(4)32)19(46-29)11-39-13(3)31/h19-20,23-30H,9-12H2,1-8H3/t19-,20-,23-,24-,25+,26+,27-,28-,29-,30-/m1/s1. The van der Waals surface area contributed by atoms with Crippen LogP contribution in [0.4, 0.5) is 0 Å². The van der Waals surface area contributed by atoms with E-state index in [9.17, 15) is 38.4 Å². The number of rotatable bonds is 14. The Hall–Kier alpha value is -4.36. The van der Waals surface area contributed by atoms with Gasteiger partial charge < -0.3 is 52.1 Å². The Bertz CT molecular complexity index is 1230. The third kappa shape index (κ3) is 12.6. The normalized spacial score (nSPS) is 29.3. The van der Waals surface area contributed by atoms with Gasteiger partial charge in [-0.15, -0.1) is 0 Å². The topological polar surface area (TPSA) is 238 Å². The molecule has 2 aliphatic rings. The lowest BCUT2D eigenvalue weighted by Crippen LogP contribution is -2.67. The number of hydrogen-bond acceptors (Lipinski definition) is 19. The van der Waals surface area contributed by atoms with E-state index in [1.807, 2.05) is 0 Å². The fourth-order valence-corrected chi connectivity index (χ4v) is 4.85. The highest BCUT2D eigenvalue weighted by Gasteiger charge is 2.57. The Morgan fingerprint density at radius 3 is 1.14 bits per heavy atom. The van der Waals surface area contributed by atoms with E-state index in [-0.39, 0.29) is 12.8 Å². The summed E-state index contributed by atoms with van der Waals surface area (Å²) in [5.41, 5.74) is 0. The van der Waals surface area contributed by atoms with Crippen molar-refractivity contribution in [2.75, 3.05) is 13.2 Å². The molecular weight excluding hydrogens is 664 g/mol. The Kier molecular flexibility index (Phi) is 15.8. The molecule has 2 saturated heterocycles. The second-order valence-electron chi connectivity index (χ2n) is 10.7. The van der Waals surface area contributed by atoms with Crippen molar-refractivity contribution in [1.29, 1.82) is 0 Å². The van der Waals surface area contributed by atoms with Gasteiger partial charge in [0.1, 0.15) is 25.4 Å². The van der Waals surface area contributed by atoms with Gasteiger partial charge in [0.05, 0.1) is 0 Å². The van der Waals surface area contributed by atoms with Crippen molar-refractivity contribution in [1.82, 2.24) is 0 Å². The van der Waals surface area contributed by atoms with E-state index in [4.69, 9.17) is 52.1 Å². The maximum absolute atomic E-state index is 12.5. The second-order valence-corrected chi connectivity index (χ2v) is 10.7. The first-order chi connectivity index (χ1) is 23.0. The molecular formula is C30H42O19. The lowest BCUT2D eigenvalue weighted by Gasteiger charge is -2.48. The summed E-state index contributed by atoms with van der Waals surface area (Å²) in [4.78, 5) is 97.4. The van der Waals surface area contributed by atoms with Crippen LogP contribution < -0.4 is 0 Å². The predicted octanol–water partition coefficient (Wildman–Crippen LogP) is -0.0506. The Morgan fingerprint density at radius 2 is 0.776 bits per heavy atom. The molecule has 0 aromatic rings. The molecule has 2 fully saturated rings. The van der Waals surface area contributed by atoms with Crippen molar-refractivity contribution in [3.8, 4) is 0 Å². The summed E-state index contributed by atoms with van der Waals surface area (Å²) in [5.74, 6) is -6.77. The molecule has 19 nitrogen and oxygen atoms in total. The minimum Gasteiger partial charge on any atom is -0.463 e. The number of ether oxygens (including phenoxy) is 11. The van der Waals surface area contributed by atoms with Crippen molar-refractivity contribution in [2.24, 2.45) is 0 Å². The minimum absolute atomic E-state index is 0.0414. The first-order valence-corrected chi connectivity index (χ1v) is 15.3. The lowest BCUT2D eigenvalue weighted by molar-refractivity contribution is -0.377. The molecule has 2 aliphatic heterocycles. The quantitative estimate of drug-likeness (QED) is 0.170. The van der Waals surface area contributed by atoms with Gasteiger partial charge in [-0.25, -0.2) is 0 Å². The minimum atomic E-state index is -1.84. The second kappa shape index (κ2) is 19.0. The first kappa shape index (κ1) is 40.8. The van der Waals surface area contributed by atoms with Gasteiger partial charge in [-0.05, 0) is 0 Å². The van der Waals surface area contributed by atoms with E-state index in [1.165, 1.54) is 13.8 Å². The third-order valence-electron chi connectivity index (χ3n) is 6.67. The maximum atomic E-state index is 12.5. The molecule has 0 saturated carbocycles. The Balaban J connectivity index is 2.71. The number of carbonyl (C=O) groups is 8. The maximum Gasteiger partial charge on any atom is 0.306 e. The van der Waals surface area contributed by atoms with Gasteiger partial charge in [-0.1, -0.05) is 13.8 Å². The van der Waals surface area contributed by atoms with Gasteiger partial charge in [-0.3, -0.25) is 38.4 Å². The number of esters is 8. The average molecular weight is 707 g/mol. The summed E-state index contributed by atoms with van der Waals surface area (Å²) >= 11 is 0. The summed E-state index contributed by atoms with van der Waals surface area (Å²) in [6.45, 7) is 8.05. The number of hydrogen-bond donors (Lipinski definition) is 0. The molecule has 0 amide bonds. The van der Waals surface area contributed by atoms with E-state index in [2.05, 4.69) is 0 Å². The van der Waals surface area contributed by atoms with Crippen molar-refractivity contribution in [2.45, 2.75) is 130 Å². The van der Waals surface area contributed by atoms with Crippen LogP contribution in [0.5, 0.6) is 0 Å². The highest BCUT2D eigenvalue weighted by atomic mass is 16.8. The largest absolute Gasteiger partial charge is 0.463 e. The van der Waals surface area contributed by atoms with Crippen LogP contribution >= 0.6 is 0 Å². The summed E-state index contributed by atoms with van der Waals surface area (Å²) in [7, 11) is 0. The van der Waals surface area contributed by atoms with Crippen molar-refractivity contribution >= 4 is 47.8 Å². The van der Waals surface area contributed by atoms with E-state index < -0.39 is 122 Å². The van der Waals surface area contributed by atoms with Gasteiger partial charge in [0, 0.05) is 54.4 Å². The molecule has 0 bridgehead atoms. The average Bonchev–Trinajstić information content (AvgIpc) is 2.99. The molecule has 0 aromatic carbocycles. The SMILES string of the molecule is CCC(=O)OC[C@H]1O[C@H](O[C@H]2O[C@H](COC(C)=O)[C@@H](OC(C)=O)[C@H](OC(C)=O)[C@H]2OC(C)=O)[C@H](OC(C)=O)[C@@H](OC(C)=O)[C@@H]1OC(=O)CC. The van der Waals surface area contributed by atoms with Gasteiger partial charge in [0.25, 0.3) is 0 Å². The zero-order chi connectivity index (χ0) is 37.0. The van der Waals surface area contributed by atoms with Crippen LogP contribution in [0.15, 0.2) is 0 Å². The summed E-state index contributed by atoms with van der Waals surface area (Å²) in [6.07, 6.45) is -16.4. The Morgan fingerprint density at radius 1 is 0.429 bits per heavy atom. The molecule has 2 rings (SSSR count). The van der Waals surface area contributed by atoms with E-state index in [0.29, 0.717) is 0 Å². The van der Waals surface area contributed by atoms with Crippen LogP contribution in [0.3, 0.4) is 0 Å². The van der Waals surface area contributed by atoms with Crippen LogP contribution in [0.2, 0.25) is 0 Å². The lowest BCUT2D eigenvalue weighted by atomic mass is 9.96. The predicted molar refractivity (Wildman–Crippen MR) is 154 cm³/mol. The van der Waals surface area contributed by atoms with Crippen LogP contribution in [-0.4, -0.2) is 122 Å².